The van der Waals surface area contributed by atoms with Crippen LogP contribution in [0.3, 0.4) is 0 Å². The Morgan fingerprint density at radius 3 is 2.51 bits per heavy atom. The van der Waals surface area contributed by atoms with Crippen molar-refractivity contribution in [1.82, 2.24) is 24.8 Å². The van der Waals surface area contributed by atoms with Gasteiger partial charge in [0, 0.05) is 40.2 Å². The Morgan fingerprint density at radius 2 is 1.79 bits per heavy atom. The number of anilines is 2. The number of urea groups is 1. The fourth-order valence-corrected chi connectivity index (χ4v) is 6.32. The molecule has 12 heteroatoms. The highest BCUT2D eigenvalue weighted by molar-refractivity contribution is 7.23. The predicted octanol–water partition coefficient (Wildman–Crippen LogP) is 7.93. The largest absolute Gasteiger partial charge is 0.445 e. The second-order valence-corrected chi connectivity index (χ2v) is 13.9. The zero-order valence-electron chi connectivity index (χ0n) is 26.4. The molecule has 240 valence electrons. The number of nitrogens with one attached hydrogen (secondary N) is 3. The van der Waals surface area contributed by atoms with Gasteiger partial charge in [-0.15, -0.1) is 0 Å². The smallest absolute Gasteiger partial charge is 0.407 e. The topological polar surface area (TPSA) is 136 Å². The number of rotatable bonds is 9. The van der Waals surface area contributed by atoms with Gasteiger partial charge < -0.3 is 19.9 Å². The van der Waals surface area contributed by atoms with Crippen LogP contribution in [-0.2, 0) is 23.2 Å². The van der Waals surface area contributed by atoms with Crippen molar-refractivity contribution >= 4 is 50.3 Å². The lowest BCUT2D eigenvalue weighted by Gasteiger charge is -2.17. The molecule has 6 aromatic rings. The number of aryl methyl sites for hydroxylation is 1. The molecule has 0 unspecified atom stereocenters. The van der Waals surface area contributed by atoms with Crippen LogP contribution in [0.2, 0.25) is 0 Å². The second-order valence-electron chi connectivity index (χ2n) is 13.0. The summed E-state index contributed by atoms with van der Waals surface area (Å²) >= 11 is 1.54. The molecule has 0 atom stereocenters. The molecule has 0 radical (unpaired) electrons. The number of thiazole rings is 1. The lowest BCUT2D eigenvalue weighted by Crippen LogP contribution is -2.37. The number of aromatic nitrogens is 4. The summed E-state index contributed by atoms with van der Waals surface area (Å²) in [5, 5.41) is 12.5. The van der Waals surface area contributed by atoms with E-state index in [2.05, 4.69) is 31.6 Å². The molecule has 1 aliphatic rings. The number of nitrogens with zero attached hydrogens (tertiary/aromatic N) is 4. The standard InChI is InChI=1S/C35H35N7O4S/c1-34(2,3)28-19-29(41-46-28)39-31(43)37-24-11-9-23(10-12-24)26-20-42-27-14-13-25(36-30(27)47-32(42)38-26)15-16-35(17-18-35)40-33(44)45-21-22-7-5-4-6-8-22/h4-14,19-20H,15-18,21H2,1-3H3,(H,40,44)(H2,37,39,41,43). The Bertz CT molecular complexity index is 2050. The molecule has 0 saturated heterocycles. The number of hydrogen-bond donors (Lipinski definition) is 3. The van der Waals surface area contributed by atoms with Gasteiger partial charge in [0.05, 0.1) is 11.2 Å². The van der Waals surface area contributed by atoms with Crippen molar-refractivity contribution in [2.45, 2.75) is 64.0 Å². The van der Waals surface area contributed by atoms with E-state index in [1.54, 1.807) is 17.4 Å². The molecule has 1 fully saturated rings. The van der Waals surface area contributed by atoms with Gasteiger partial charge in [-0.05, 0) is 55.5 Å². The number of carbonyl (C=O) groups excluding carboxylic acids is 2. The number of pyridine rings is 1. The lowest BCUT2D eigenvalue weighted by molar-refractivity contribution is 0.133. The summed E-state index contributed by atoms with van der Waals surface area (Å²) in [6.07, 6.45) is 5.08. The molecular formula is C35H35N7O4S. The van der Waals surface area contributed by atoms with Gasteiger partial charge >= 0.3 is 12.1 Å². The van der Waals surface area contributed by atoms with Crippen molar-refractivity contribution in [1.29, 1.82) is 0 Å². The van der Waals surface area contributed by atoms with E-state index in [-0.39, 0.29) is 23.7 Å². The van der Waals surface area contributed by atoms with Crippen molar-refractivity contribution in [3.8, 4) is 11.3 Å². The minimum atomic E-state index is -0.405. The van der Waals surface area contributed by atoms with Crippen LogP contribution in [0.1, 0.15) is 57.1 Å². The Morgan fingerprint density at radius 1 is 1.00 bits per heavy atom. The Kier molecular flexibility index (Phi) is 7.88. The summed E-state index contributed by atoms with van der Waals surface area (Å²) in [5.41, 5.74) is 4.93. The quantitative estimate of drug-likeness (QED) is 0.145. The van der Waals surface area contributed by atoms with Crippen molar-refractivity contribution in [3.63, 3.8) is 0 Å². The van der Waals surface area contributed by atoms with Crippen LogP contribution in [0.15, 0.2) is 83.5 Å². The van der Waals surface area contributed by atoms with Gasteiger partial charge in [0.2, 0.25) is 0 Å². The monoisotopic (exact) mass is 649 g/mol. The lowest BCUT2D eigenvalue weighted by atomic mass is 9.93. The van der Waals surface area contributed by atoms with E-state index >= 15 is 0 Å². The second kappa shape index (κ2) is 12.2. The molecule has 0 bridgehead atoms. The fourth-order valence-electron chi connectivity index (χ4n) is 5.32. The van der Waals surface area contributed by atoms with Crippen molar-refractivity contribution in [2.75, 3.05) is 10.6 Å². The minimum Gasteiger partial charge on any atom is -0.445 e. The van der Waals surface area contributed by atoms with Crippen molar-refractivity contribution < 1.29 is 18.8 Å². The molecule has 0 aliphatic heterocycles. The molecule has 4 aromatic heterocycles. The molecule has 3 amide bonds. The first-order valence-electron chi connectivity index (χ1n) is 15.5. The predicted molar refractivity (Wildman–Crippen MR) is 182 cm³/mol. The number of ether oxygens (including phenoxy) is 1. The molecule has 4 heterocycles. The number of amides is 3. The third kappa shape index (κ3) is 6.97. The van der Waals surface area contributed by atoms with Gasteiger partial charge in [0.25, 0.3) is 0 Å². The van der Waals surface area contributed by atoms with Crippen molar-refractivity contribution in [3.05, 3.63) is 96.0 Å². The maximum absolute atomic E-state index is 12.5. The normalized spacial score (nSPS) is 13.9. The molecule has 2 aromatic carbocycles. The number of carbonyl (C=O) groups is 2. The van der Waals surface area contributed by atoms with E-state index in [0.717, 1.165) is 63.5 Å². The van der Waals surface area contributed by atoms with E-state index in [9.17, 15) is 9.59 Å². The van der Waals surface area contributed by atoms with E-state index in [4.69, 9.17) is 19.2 Å². The number of alkyl carbamates (subject to hydrolysis) is 1. The third-order valence-electron chi connectivity index (χ3n) is 8.24. The molecule has 1 saturated carbocycles. The van der Waals surface area contributed by atoms with Crippen LogP contribution in [0.4, 0.5) is 21.1 Å². The number of imidazole rings is 1. The number of hydrogen-bond acceptors (Lipinski definition) is 8. The maximum atomic E-state index is 12.5. The first-order valence-corrected chi connectivity index (χ1v) is 16.4. The Labute approximate surface area is 275 Å². The molecule has 7 rings (SSSR count). The van der Waals surface area contributed by atoms with E-state index in [1.807, 2.05) is 87.6 Å². The molecule has 3 N–H and O–H groups in total. The highest BCUT2D eigenvalue weighted by Crippen LogP contribution is 2.40. The van der Waals surface area contributed by atoms with Gasteiger partial charge in [-0.25, -0.2) is 19.6 Å². The van der Waals surface area contributed by atoms with Gasteiger partial charge in [-0.1, -0.05) is 79.7 Å². The van der Waals surface area contributed by atoms with Crippen LogP contribution in [0, 0.1) is 0 Å². The van der Waals surface area contributed by atoms with Gasteiger partial charge in [-0.2, -0.15) is 0 Å². The summed E-state index contributed by atoms with van der Waals surface area (Å²) in [4.78, 5) is 36.4. The fraction of sp³-hybridized carbons (Fsp3) is 0.286. The van der Waals surface area contributed by atoms with Crippen LogP contribution in [0.5, 0.6) is 0 Å². The highest BCUT2D eigenvalue weighted by atomic mass is 32.1. The molecule has 0 spiro atoms. The van der Waals surface area contributed by atoms with Crippen LogP contribution < -0.4 is 16.0 Å². The summed E-state index contributed by atoms with van der Waals surface area (Å²) in [6, 6.07) is 22.6. The third-order valence-corrected chi connectivity index (χ3v) is 9.21. The maximum Gasteiger partial charge on any atom is 0.407 e. The van der Waals surface area contributed by atoms with E-state index in [0.29, 0.717) is 17.3 Å². The summed E-state index contributed by atoms with van der Waals surface area (Å²) in [5.74, 6) is 1.05. The van der Waals surface area contributed by atoms with Crippen LogP contribution >= 0.6 is 11.3 Å². The van der Waals surface area contributed by atoms with Gasteiger partial charge in [0.1, 0.15) is 17.2 Å². The zero-order valence-corrected chi connectivity index (χ0v) is 27.2. The Balaban J connectivity index is 0.946. The highest BCUT2D eigenvalue weighted by Gasteiger charge is 2.44. The first-order chi connectivity index (χ1) is 22.6. The van der Waals surface area contributed by atoms with E-state index in [1.165, 1.54) is 0 Å². The summed E-state index contributed by atoms with van der Waals surface area (Å²) < 4.78 is 12.8. The SMILES string of the molecule is CC(C)(C)c1cc(NC(=O)Nc2ccc(-c3cn4c(n3)sc3nc(CCC5(NC(=O)OCc6ccccc6)CC5)ccc34)cc2)no1. The average molecular weight is 650 g/mol. The molecule has 1 aliphatic carbocycles. The van der Waals surface area contributed by atoms with Crippen LogP contribution in [-0.4, -0.2) is 37.2 Å². The summed E-state index contributed by atoms with van der Waals surface area (Å²) in [6.45, 7) is 6.30. The van der Waals surface area contributed by atoms with Gasteiger partial charge in [-0.3, -0.25) is 9.72 Å². The molecular weight excluding hydrogens is 614 g/mol. The molecule has 47 heavy (non-hydrogen) atoms. The number of fused-ring (bicyclic) bond motifs is 3. The zero-order chi connectivity index (χ0) is 32.6. The Hall–Kier alpha value is -5.23. The van der Waals surface area contributed by atoms with Crippen molar-refractivity contribution in [2.24, 2.45) is 0 Å². The summed E-state index contributed by atoms with van der Waals surface area (Å²) in [7, 11) is 0. The molecule has 11 nitrogen and oxygen atoms in total. The first kappa shape index (κ1) is 30.4. The van der Waals surface area contributed by atoms with E-state index < -0.39 is 6.03 Å². The van der Waals surface area contributed by atoms with Gasteiger partial charge in [0.15, 0.2) is 10.8 Å². The number of benzene rings is 2. The van der Waals surface area contributed by atoms with Crippen LogP contribution in [0.25, 0.3) is 26.6 Å². The average Bonchev–Trinajstić information content (AvgIpc) is 3.33. The minimum absolute atomic E-state index is 0.201.